The highest BCUT2D eigenvalue weighted by molar-refractivity contribution is 7.89. The number of sulfonamides is 1. The second-order valence-corrected chi connectivity index (χ2v) is 7.30. The van der Waals surface area contributed by atoms with Gasteiger partial charge >= 0.3 is 5.97 Å². The first-order valence-electron chi connectivity index (χ1n) is 7.25. The number of carbonyl (C=O) groups is 1. The molecule has 0 saturated heterocycles. The van der Waals surface area contributed by atoms with Crippen molar-refractivity contribution in [3.63, 3.8) is 0 Å². The van der Waals surface area contributed by atoms with Crippen LogP contribution in [0.4, 0.5) is 0 Å². The van der Waals surface area contributed by atoms with Gasteiger partial charge in [0.25, 0.3) is 0 Å². The maximum atomic E-state index is 12.1. The second-order valence-electron chi connectivity index (χ2n) is 5.59. The van der Waals surface area contributed by atoms with E-state index in [4.69, 9.17) is 5.11 Å². The topological polar surface area (TPSA) is 83.5 Å². The van der Waals surface area contributed by atoms with Gasteiger partial charge in [0.15, 0.2) is 0 Å². The summed E-state index contributed by atoms with van der Waals surface area (Å²) in [5, 5.41) is 8.78. The van der Waals surface area contributed by atoms with Crippen molar-refractivity contribution < 1.29 is 18.3 Å². The van der Waals surface area contributed by atoms with Crippen LogP contribution in [0, 0.1) is 0 Å². The molecule has 0 aliphatic heterocycles. The molecular formula is C15H21NO4S. The number of nitrogens with one attached hydrogen (secondary N) is 1. The molecule has 2 N–H and O–H groups in total. The standard InChI is InChI=1S/C15H21NO4S/c1-11(15(17)18)16-21(19,20)14-9-7-13(8-10-14)12-5-3-2-4-6-12/h7-12,16H,2-6H2,1H3,(H,17,18)/t11-/m0/s1. The fraction of sp³-hybridized carbons (Fsp3) is 0.533. The molecule has 0 unspecified atom stereocenters. The Balaban J connectivity index is 2.12. The van der Waals surface area contributed by atoms with Crippen LogP contribution in [0.1, 0.15) is 50.5 Å². The zero-order valence-electron chi connectivity index (χ0n) is 12.1. The molecule has 2 rings (SSSR count). The number of carboxylic acids is 1. The Morgan fingerprint density at radius 3 is 2.29 bits per heavy atom. The lowest BCUT2D eigenvalue weighted by Crippen LogP contribution is -2.38. The van der Waals surface area contributed by atoms with Crippen molar-refractivity contribution in [1.82, 2.24) is 4.72 Å². The van der Waals surface area contributed by atoms with E-state index >= 15 is 0 Å². The third-order valence-electron chi connectivity index (χ3n) is 3.97. The van der Waals surface area contributed by atoms with Crippen molar-refractivity contribution in [2.75, 3.05) is 0 Å². The van der Waals surface area contributed by atoms with Crippen LogP contribution in [0.3, 0.4) is 0 Å². The Morgan fingerprint density at radius 2 is 1.76 bits per heavy atom. The SMILES string of the molecule is C[C@H](NS(=O)(=O)c1ccc(C2CCCCC2)cc1)C(=O)O. The van der Waals surface area contributed by atoms with Crippen LogP contribution in [0.25, 0.3) is 0 Å². The molecule has 0 heterocycles. The molecular weight excluding hydrogens is 290 g/mol. The minimum absolute atomic E-state index is 0.107. The van der Waals surface area contributed by atoms with Crippen molar-refractivity contribution in [2.45, 2.75) is 55.9 Å². The molecule has 0 spiro atoms. The highest BCUT2D eigenvalue weighted by atomic mass is 32.2. The van der Waals surface area contributed by atoms with E-state index in [-0.39, 0.29) is 4.90 Å². The molecule has 1 aromatic carbocycles. The van der Waals surface area contributed by atoms with Crippen LogP contribution < -0.4 is 4.72 Å². The lowest BCUT2D eigenvalue weighted by atomic mass is 9.84. The van der Waals surface area contributed by atoms with E-state index in [0.717, 1.165) is 12.8 Å². The molecule has 6 heteroatoms. The summed E-state index contributed by atoms with van der Waals surface area (Å²) in [6.07, 6.45) is 6.03. The Morgan fingerprint density at radius 1 is 1.19 bits per heavy atom. The highest BCUT2D eigenvalue weighted by Gasteiger charge is 2.22. The minimum Gasteiger partial charge on any atom is -0.480 e. The molecule has 1 aromatic rings. The molecule has 0 radical (unpaired) electrons. The fourth-order valence-corrected chi connectivity index (χ4v) is 3.90. The largest absolute Gasteiger partial charge is 0.480 e. The van der Waals surface area contributed by atoms with Gasteiger partial charge in [0.2, 0.25) is 10.0 Å². The van der Waals surface area contributed by atoms with Crippen LogP contribution in [0.5, 0.6) is 0 Å². The van der Waals surface area contributed by atoms with Crippen LogP contribution in [0.15, 0.2) is 29.2 Å². The van der Waals surface area contributed by atoms with E-state index in [1.165, 1.54) is 31.7 Å². The zero-order valence-corrected chi connectivity index (χ0v) is 12.9. The Kier molecular flexibility index (Phi) is 5.00. The lowest BCUT2D eigenvalue weighted by molar-refractivity contribution is -0.138. The van der Waals surface area contributed by atoms with Gasteiger partial charge in [0.1, 0.15) is 6.04 Å². The molecule has 1 aliphatic rings. The van der Waals surface area contributed by atoms with Crippen molar-refractivity contribution in [3.05, 3.63) is 29.8 Å². The number of carboxylic acid groups (broad SMARTS) is 1. The van der Waals surface area contributed by atoms with Crippen molar-refractivity contribution in [1.29, 1.82) is 0 Å². The average molecular weight is 311 g/mol. The summed E-state index contributed by atoms with van der Waals surface area (Å²) in [7, 11) is -3.78. The minimum atomic E-state index is -3.78. The molecule has 1 saturated carbocycles. The predicted molar refractivity (Wildman–Crippen MR) is 79.7 cm³/mol. The van der Waals surface area contributed by atoms with E-state index in [0.29, 0.717) is 5.92 Å². The van der Waals surface area contributed by atoms with Crippen molar-refractivity contribution in [2.24, 2.45) is 0 Å². The third kappa shape index (κ3) is 4.04. The van der Waals surface area contributed by atoms with Crippen molar-refractivity contribution >= 4 is 16.0 Å². The summed E-state index contributed by atoms with van der Waals surface area (Å²) in [6.45, 7) is 1.30. The molecule has 5 nitrogen and oxygen atoms in total. The first-order chi connectivity index (χ1) is 9.90. The molecule has 1 atom stereocenters. The normalized spacial score (nSPS) is 18.3. The van der Waals surface area contributed by atoms with E-state index in [1.807, 2.05) is 12.1 Å². The molecule has 1 aliphatic carbocycles. The van der Waals surface area contributed by atoms with Gasteiger partial charge in [-0.05, 0) is 43.4 Å². The number of benzene rings is 1. The monoisotopic (exact) mass is 311 g/mol. The van der Waals surface area contributed by atoms with Gasteiger partial charge < -0.3 is 5.11 Å². The maximum absolute atomic E-state index is 12.1. The average Bonchev–Trinajstić information content (AvgIpc) is 2.48. The first-order valence-corrected chi connectivity index (χ1v) is 8.73. The fourth-order valence-electron chi connectivity index (χ4n) is 2.71. The van der Waals surface area contributed by atoms with Crippen LogP contribution in [-0.2, 0) is 14.8 Å². The number of hydrogen-bond donors (Lipinski definition) is 2. The van der Waals surface area contributed by atoms with Gasteiger partial charge in [-0.15, -0.1) is 0 Å². The summed E-state index contributed by atoms with van der Waals surface area (Å²) in [5.74, 6) is -0.682. The molecule has 0 aromatic heterocycles. The number of rotatable bonds is 5. The van der Waals surface area contributed by atoms with E-state index in [9.17, 15) is 13.2 Å². The third-order valence-corrected chi connectivity index (χ3v) is 5.53. The smallest absolute Gasteiger partial charge is 0.321 e. The highest BCUT2D eigenvalue weighted by Crippen LogP contribution is 2.32. The first kappa shape index (κ1) is 16.0. The summed E-state index contributed by atoms with van der Waals surface area (Å²) < 4.78 is 26.3. The lowest BCUT2D eigenvalue weighted by Gasteiger charge is -2.22. The van der Waals surface area contributed by atoms with E-state index < -0.39 is 22.0 Å². The maximum Gasteiger partial charge on any atom is 0.321 e. The predicted octanol–water partition coefficient (Wildman–Crippen LogP) is 2.49. The quantitative estimate of drug-likeness (QED) is 0.875. The Labute approximate surface area is 125 Å². The summed E-state index contributed by atoms with van der Waals surface area (Å²) >= 11 is 0. The molecule has 21 heavy (non-hydrogen) atoms. The van der Waals surface area contributed by atoms with Crippen LogP contribution in [-0.4, -0.2) is 25.5 Å². The van der Waals surface area contributed by atoms with Crippen molar-refractivity contribution in [3.8, 4) is 0 Å². The molecule has 1 fully saturated rings. The van der Waals surface area contributed by atoms with Gasteiger partial charge in [-0.3, -0.25) is 4.79 Å². The molecule has 0 bridgehead atoms. The Bertz CT molecular complexity index is 589. The van der Waals surface area contributed by atoms with Crippen LogP contribution >= 0.6 is 0 Å². The van der Waals surface area contributed by atoms with Crippen LogP contribution in [0.2, 0.25) is 0 Å². The van der Waals surface area contributed by atoms with E-state index in [1.54, 1.807) is 12.1 Å². The summed E-state index contributed by atoms with van der Waals surface area (Å²) in [5.41, 5.74) is 1.17. The van der Waals surface area contributed by atoms with E-state index in [2.05, 4.69) is 4.72 Å². The van der Waals surface area contributed by atoms with Gasteiger partial charge in [0, 0.05) is 0 Å². The second kappa shape index (κ2) is 6.58. The molecule has 0 amide bonds. The van der Waals surface area contributed by atoms with Gasteiger partial charge in [-0.2, -0.15) is 4.72 Å². The Hall–Kier alpha value is -1.40. The number of hydrogen-bond acceptors (Lipinski definition) is 3. The van der Waals surface area contributed by atoms with Gasteiger partial charge in [-0.1, -0.05) is 31.4 Å². The number of aliphatic carboxylic acids is 1. The summed E-state index contributed by atoms with van der Waals surface area (Å²) in [4.78, 5) is 10.8. The zero-order chi connectivity index (χ0) is 15.5. The molecule has 116 valence electrons. The summed E-state index contributed by atoms with van der Waals surface area (Å²) in [6, 6.07) is 5.65. The van der Waals surface area contributed by atoms with Gasteiger partial charge in [0.05, 0.1) is 4.90 Å². The van der Waals surface area contributed by atoms with Gasteiger partial charge in [-0.25, -0.2) is 8.42 Å².